The summed E-state index contributed by atoms with van der Waals surface area (Å²) in [7, 11) is 1.49. The van der Waals surface area contributed by atoms with Crippen LogP contribution in [0.3, 0.4) is 0 Å². The topological polar surface area (TPSA) is 96.4 Å². The number of para-hydroxylation sites is 1. The summed E-state index contributed by atoms with van der Waals surface area (Å²) >= 11 is 0. The van der Waals surface area contributed by atoms with Gasteiger partial charge in [0.05, 0.1) is 17.9 Å². The SMILES string of the molecule is CCCCN1C(=O)[C@@]2(C(=C(O)c3ccc4c(c3)C[C@H](C)O4)C(=O)C(=O)N2CCOC)c2ccccc21. The lowest BCUT2D eigenvalue weighted by Crippen LogP contribution is -2.52. The molecule has 3 aliphatic heterocycles. The van der Waals surface area contributed by atoms with Gasteiger partial charge in [0.15, 0.2) is 5.54 Å². The fraction of sp³-hybridized carbons (Fsp3) is 0.393. The number of anilines is 1. The normalized spacial score (nSPS) is 24.0. The van der Waals surface area contributed by atoms with E-state index in [2.05, 4.69) is 0 Å². The lowest BCUT2D eigenvalue weighted by molar-refractivity contribution is -0.144. The Morgan fingerprint density at radius 3 is 2.69 bits per heavy atom. The van der Waals surface area contributed by atoms with Crippen LogP contribution in [-0.4, -0.2) is 60.5 Å². The zero-order valence-electron chi connectivity index (χ0n) is 20.7. The first-order valence-corrected chi connectivity index (χ1v) is 12.4. The molecule has 2 aromatic carbocycles. The summed E-state index contributed by atoms with van der Waals surface area (Å²) in [5.74, 6) is -1.76. The van der Waals surface area contributed by atoms with Crippen LogP contribution in [0.1, 0.15) is 43.4 Å². The predicted octanol–water partition coefficient (Wildman–Crippen LogP) is 3.38. The second kappa shape index (κ2) is 9.09. The molecule has 2 amide bonds. The van der Waals surface area contributed by atoms with Crippen LogP contribution in [0.4, 0.5) is 5.69 Å². The number of carbonyl (C=O) groups excluding carboxylic acids is 3. The van der Waals surface area contributed by atoms with Crippen molar-refractivity contribution in [3.63, 3.8) is 0 Å². The Balaban J connectivity index is 1.76. The fourth-order valence-electron chi connectivity index (χ4n) is 5.60. The highest BCUT2D eigenvalue weighted by molar-refractivity contribution is 6.50. The van der Waals surface area contributed by atoms with Gasteiger partial charge in [-0.15, -0.1) is 0 Å². The van der Waals surface area contributed by atoms with Crippen molar-refractivity contribution in [2.24, 2.45) is 0 Å². The Labute approximate surface area is 210 Å². The molecular weight excluding hydrogens is 460 g/mol. The summed E-state index contributed by atoms with van der Waals surface area (Å²) in [6, 6.07) is 12.4. The summed E-state index contributed by atoms with van der Waals surface area (Å²) in [6.45, 7) is 4.59. The van der Waals surface area contributed by atoms with Gasteiger partial charge >= 0.3 is 0 Å². The number of Topliss-reactive ketones (excluding diaryl/α,β-unsaturated/α-hetero) is 1. The van der Waals surface area contributed by atoms with Gasteiger partial charge < -0.3 is 24.4 Å². The first kappa shape index (κ1) is 24.1. The monoisotopic (exact) mass is 490 g/mol. The van der Waals surface area contributed by atoms with Crippen molar-refractivity contribution in [2.45, 2.75) is 44.8 Å². The quantitative estimate of drug-likeness (QED) is 0.363. The minimum absolute atomic E-state index is 0.00558. The Morgan fingerprint density at radius 1 is 1.17 bits per heavy atom. The molecule has 36 heavy (non-hydrogen) atoms. The zero-order chi connectivity index (χ0) is 25.6. The second-order valence-corrected chi connectivity index (χ2v) is 9.50. The molecular formula is C28H30N2O6. The van der Waals surface area contributed by atoms with Crippen LogP contribution in [0.25, 0.3) is 5.76 Å². The Morgan fingerprint density at radius 2 is 1.94 bits per heavy atom. The van der Waals surface area contributed by atoms with Gasteiger partial charge in [0.1, 0.15) is 17.6 Å². The predicted molar refractivity (Wildman–Crippen MR) is 134 cm³/mol. The first-order chi connectivity index (χ1) is 17.4. The maximum Gasteiger partial charge on any atom is 0.296 e. The van der Waals surface area contributed by atoms with Crippen LogP contribution in [0, 0.1) is 0 Å². The van der Waals surface area contributed by atoms with Crippen LogP contribution in [0.15, 0.2) is 48.0 Å². The highest BCUT2D eigenvalue weighted by Crippen LogP contribution is 2.53. The molecule has 1 fully saturated rings. The highest BCUT2D eigenvalue weighted by atomic mass is 16.5. The number of nitrogens with zero attached hydrogens (tertiary/aromatic N) is 2. The van der Waals surface area contributed by atoms with E-state index < -0.39 is 23.1 Å². The largest absolute Gasteiger partial charge is 0.507 e. The van der Waals surface area contributed by atoms with E-state index in [1.807, 2.05) is 26.0 Å². The highest BCUT2D eigenvalue weighted by Gasteiger charge is 2.66. The number of amides is 2. The number of ketones is 1. The molecule has 0 bridgehead atoms. The molecule has 2 aromatic rings. The van der Waals surface area contributed by atoms with Crippen molar-refractivity contribution in [2.75, 3.05) is 31.7 Å². The van der Waals surface area contributed by atoms with Gasteiger partial charge in [0.2, 0.25) is 0 Å². The lowest BCUT2D eigenvalue weighted by atomic mass is 9.81. The molecule has 8 nitrogen and oxygen atoms in total. The molecule has 1 saturated heterocycles. The molecule has 1 spiro atoms. The molecule has 0 radical (unpaired) electrons. The molecule has 2 atom stereocenters. The third kappa shape index (κ3) is 3.35. The van der Waals surface area contributed by atoms with Crippen molar-refractivity contribution in [3.8, 4) is 5.75 Å². The molecule has 0 aromatic heterocycles. The van der Waals surface area contributed by atoms with Crippen LogP contribution in [-0.2, 0) is 31.1 Å². The number of likely N-dealkylation sites (tertiary alicyclic amines) is 1. The third-order valence-electron chi connectivity index (χ3n) is 7.23. The molecule has 188 valence electrons. The minimum Gasteiger partial charge on any atom is -0.507 e. The fourth-order valence-corrected chi connectivity index (χ4v) is 5.60. The number of hydrogen-bond acceptors (Lipinski definition) is 6. The number of fused-ring (bicyclic) bond motifs is 3. The number of ether oxygens (including phenoxy) is 2. The number of methoxy groups -OCH3 is 1. The lowest BCUT2D eigenvalue weighted by Gasteiger charge is -2.34. The number of carbonyl (C=O) groups is 3. The van der Waals surface area contributed by atoms with E-state index in [0.717, 1.165) is 24.2 Å². The molecule has 8 heteroatoms. The van der Waals surface area contributed by atoms with E-state index in [4.69, 9.17) is 9.47 Å². The number of hydrogen-bond donors (Lipinski definition) is 1. The van der Waals surface area contributed by atoms with E-state index in [1.54, 1.807) is 35.2 Å². The van der Waals surface area contributed by atoms with E-state index in [9.17, 15) is 19.5 Å². The third-order valence-corrected chi connectivity index (χ3v) is 7.23. The first-order valence-electron chi connectivity index (χ1n) is 12.4. The number of rotatable bonds is 7. The van der Waals surface area contributed by atoms with Crippen molar-refractivity contribution < 1.29 is 29.0 Å². The van der Waals surface area contributed by atoms with Gasteiger partial charge in [-0.05, 0) is 43.2 Å². The van der Waals surface area contributed by atoms with Gasteiger partial charge in [-0.3, -0.25) is 14.4 Å². The molecule has 0 unspecified atom stereocenters. The maximum atomic E-state index is 14.3. The van der Waals surface area contributed by atoms with Gasteiger partial charge in [0, 0.05) is 37.7 Å². The maximum absolute atomic E-state index is 14.3. The smallest absolute Gasteiger partial charge is 0.296 e. The summed E-state index contributed by atoms with van der Waals surface area (Å²) in [5, 5.41) is 11.6. The van der Waals surface area contributed by atoms with Crippen molar-refractivity contribution in [3.05, 3.63) is 64.7 Å². The van der Waals surface area contributed by atoms with Crippen LogP contribution >= 0.6 is 0 Å². The van der Waals surface area contributed by atoms with Crippen molar-refractivity contribution in [1.29, 1.82) is 0 Å². The van der Waals surface area contributed by atoms with Gasteiger partial charge in [0.25, 0.3) is 17.6 Å². The Kier molecular flexibility index (Phi) is 6.08. The van der Waals surface area contributed by atoms with Crippen molar-refractivity contribution >= 4 is 29.0 Å². The second-order valence-electron chi connectivity index (χ2n) is 9.50. The average molecular weight is 491 g/mol. The zero-order valence-corrected chi connectivity index (χ0v) is 20.7. The Hall–Kier alpha value is -3.65. The van der Waals surface area contributed by atoms with E-state index in [0.29, 0.717) is 29.8 Å². The minimum atomic E-state index is -1.76. The summed E-state index contributed by atoms with van der Waals surface area (Å²) in [6.07, 6.45) is 2.29. The molecule has 5 rings (SSSR count). The standard InChI is InChI=1S/C28H30N2O6/c1-4-5-12-29-21-9-7-6-8-20(21)28(27(29)34)23(25(32)26(33)30(28)13-14-35-3)24(31)18-10-11-22-19(16-18)15-17(2)36-22/h6-11,16-17,31H,4-5,12-15H2,1-3H3/t17-,28-/m0/s1. The molecule has 0 aliphatic carbocycles. The number of unbranched alkanes of at least 4 members (excludes halogenated alkanes) is 1. The molecule has 3 aliphatic rings. The Bertz CT molecular complexity index is 1280. The van der Waals surface area contributed by atoms with E-state index >= 15 is 0 Å². The van der Waals surface area contributed by atoms with Crippen LogP contribution in [0.2, 0.25) is 0 Å². The summed E-state index contributed by atoms with van der Waals surface area (Å²) in [4.78, 5) is 44.2. The molecule has 0 saturated carbocycles. The summed E-state index contributed by atoms with van der Waals surface area (Å²) < 4.78 is 11.0. The van der Waals surface area contributed by atoms with Gasteiger partial charge in [-0.2, -0.15) is 0 Å². The molecule has 1 N–H and O–H groups in total. The number of aliphatic hydroxyl groups excluding tert-OH is 1. The van der Waals surface area contributed by atoms with E-state index in [-0.39, 0.29) is 30.6 Å². The number of benzene rings is 2. The summed E-state index contributed by atoms with van der Waals surface area (Å²) in [5.41, 5.74) is 0.462. The number of aliphatic hydroxyl groups is 1. The van der Waals surface area contributed by atoms with E-state index in [1.165, 1.54) is 12.0 Å². The average Bonchev–Trinajstić information content (AvgIpc) is 3.44. The van der Waals surface area contributed by atoms with Crippen molar-refractivity contribution in [1.82, 2.24) is 4.90 Å². The van der Waals surface area contributed by atoms with Crippen LogP contribution < -0.4 is 9.64 Å². The van der Waals surface area contributed by atoms with Gasteiger partial charge in [-0.1, -0.05) is 31.5 Å². The van der Waals surface area contributed by atoms with Crippen LogP contribution in [0.5, 0.6) is 5.75 Å². The molecule has 3 heterocycles. The van der Waals surface area contributed by atoms with Gasteiger partial charge in [-0.25, -0.2) is 0 Å².